The molecule has 0 bridgehead atoms. The first-order valence-electron chi connectivity index (χ1n) is 11.7. The van der Waals surface area contributed by atoms with E-state index in [2.05, 4.69) is 18.0 Å². The molecular weight excluding hydrogens is 415 g/mol. The molecule has 31 heavy (non-hydrogen) atoms. The molecule has 1 fully saturated rings. The van der Waals surface area contributed by atoms with Gasteiger partial charge in [-0.1, -0.05) is 64.0 Å². The number of carbonyl (C=O) groups is 1. The first kappa shape index (κ1) is 27.8. The zero-order chi connectivity index (χ0) is 23.1. The highest BCUT2D eigenvalue weighted by molar-refractivity contribution is 7.50. The van der Waals surface area contributed by atoms with E-state index >= 15 is 0 Å². The number of benzene rings is 1. The predicted octanol–water partition coefficient (Wildman–Crippen LogP) is 3.86. The van der Waals surface area contributed by atoms with Gasteiger partial charge in [0.05, 0.1) is 6.04 Å². The number of aliphatic hydroxyl groups is 1. The van der Waals surface area contributed by atoms with Crippen molar-refractivity contribution >= 4 is 19.2 Å². The Balaban J connectivity index is 0.000000577. The number of hydrogen-bond acceptors (Lipinski definition) is 4. The fourth-order valence-corrected chi connectivity index (χ4v) is 4.13. The van der Waals surface area contributed by atoms with Crippen molar-refractivity contribution in [2.75, 3.05) is 5.32 Å². The van der Waals surface area contributed by atoms with Crippen LogP contribution in [0.3, 0.4) is 0 Å². The number of anilines is 1. The summed E-state index contributed by atoms with van der Waals surface area (Å²) in [6, 6.07) is 6.49. The molecule has 8 heteroatoms. The average Bonchev–Trinajstić information content (AvgIpc) is 2.73. The van der Waals surface area contributed by atoms with Gasteiger partial charge in [-0.05, 0) is 49.8 Å². The highest BCUT2D eigenvalue weighted by atomic mass is 31.2. The van der Waals surface area contributed by atoms with Crippen molar-refractivity contribution in [3.05, 3.63) is 29.8 Å². The minimum absolute atomic E-state index is 0.0564. The molecule has 1 aromatic carbocycles. The Bertz CT molecular complexity index is 656. The molecule has 7 nitrogen and oxygen atoms in total. The van der Waals surface area contributed by atoms with Crippen LogP contribution in [0.5, 0.6) is 0 Å². The van der Waals surface area contributed by atoms with E-state index in [0.29, 0.717) is 12.1 Å². The van der Waals surface area contributed by atoms with Crippen molar-refractivity contribution in [1.82, 2.24) is 0 Å². The molecule has 1 aliphatic carbocycles. The topological polar surface area (TPSA) is 137 Å². The van der Waals surface area contributed by atoms with Crippen LogP contribution >= 0.6 is 7.60 Å². The maximum Gasteiger partial charge on any atom is 0.224 e. The lowest BCUT2D eigenvalue weighted by molar-refractivity contribution is -0.425. The highest BCUT2D eigenvalue weighted by Crippen LogP contribution is 2.45. The second kappa shape index (κ2) is 15.5. The van der Waals surface area contributed by atoms with Gasteiger partial charge >= 0.3 is 0 Å². The fourth-order valence-electron chi connectivity index (χ4n) is 3.58. The van der Waals surface area contributed by atoms with Crippen LogP contribution in [0.1, 0.15) is 102 Å². The molecule has 0 aliphatic heterocycles. The quantitative estimate of drug-likeness (QED) is 0.296. The monoisotopic (exact) mass is 456 g/mol. The minimum atomic E-state index is -4.83. The van der Waals surface area contributed by atoms with Crippen LogP contribution in [-0.2, 0) is 9.36 Å². The number of rotatable bonds is 11. The normalized spacial score (nSPS) is 17.2. The second-order valence-corrected chi connectivity index (χ2v) is 10.1. The zero-order valence-electron chi connectivity index (χ0n) is 18.9. The highest BCUT2D eigenvalue weighted by Gasteiger charge is 2.18. The summed E-state index contributed by atoms with van der Waals surface area (Å²) in [6.07, 6.45) is 15.5. The molecule has 0 aromatic heterocycles. The van der Waals surface area contributed by atoms with Crippen molar-refractivity contribution in [2.45, 2.75) is 102 Å². The van der Waals surface area contributed by atoms with Crippen molar-refractivity contribution in [2.24, 2.45) is 0 Å². The van der Waals surface area contributed by atoms with Crippen LogP contribution in [0.4, 0.5) is 5.69 Å². The molecule has 1 saturated carbocycles. The number of carbonyl (C=O) groups excluding carboxylic acids is 1. The van der Waals surface area contributed by atoms with Gasteiger partial charge in [0.1, 0.15) is 5.85 Å². The number of hydrogen-bond donors (Lipinski definition) is 4. The van der Waals surface area contributed by atoms with Crippen LogP contribution < -0.4 is 15.9 Å². The van der Waals surface area contributed by atoms with E-state index in [4.69, 9.17) is 4.89 Å². The standard InChI is InChI=1S/C17H28NO5P.C6H13N/c1-2-3-4-5-6-7-8-9-16(19)18-15-12-10-14(11-13-15)17(20)24(21,22)23;7-6-4-2-1-3-5-6/h10-13,17,20H,2-9H2,1H3,(H,18,19)(H2,21,22,23);6H,1-5,7H2. The molecular formula is C23H41N2O5P. The van der Waals surface area contributed by atoms with Gasteiger partial charge in [-0.2, -0.15) is 0 Å². The summed E-state index contributed by atoms with van der Waals surface area (Å²) in [5.74, 6) is -2.04. The van der Waals surface area contributed by atoms with E-state index in [9.17, 15) is 19.4 Å². The zero-order valence-corrected chi connectivity index (χ0v) is 19.8. The lowest BCUT2D eigenvalue weighted by atomic mass is 9.97. The van der Waals surface area contributed by atoms with Crippen molar-refractivity contribution in [3.8, 4) is 0 Å². The van der Waals surface area contributed by atoms with Crippen molar-refractivity contribution < 1.29 is 30.0 Å². The first-order valence-corrected chi connectivity index (χ1v) is 13.3. The van der Waals surface area contributed by atoms with E-state index in [0.717, 1.165) is 25.3 Å². The van der Waals surface area contributed by atoms with E-state index < -0.39 is 13.4 Å². The number of aliphatic hydroxyl groups excluding tert-OH is 1. The van der Waals surface area contributed by atoms with Crippen LogP contribution in [0.25, 0.3) is 0 Å². The molecule has 0 radical (unpaired) electrons. The summed E-state index contributed by atoms with van der Waals surface area (Å²) in [7, 11) is -4.83. The Kier molecular flexibility index (Phi) is 13.9. The predicted molar refractivity (Wildman–Crippen MR) is 122 cm³/mol. The summed E-state index contributed by atoms with van der Waals surface area (Å²) >= 11 is 0. The second-order valence-electron chi connectivity index (χ2n) is 8.48. The summed E-state index contributed by atoms with van der Waals surface area (Å²) in [5.41, 5.74) is 4.58. The summed E-state index contributed by atoms with van der Waals surface area (Å²) in [5, 5.41) is 12.2. The molecule has 6 N–H and O–H groups in total. The van der Waals surface area contributed by atoms with Gasteiger partial charge in [-0.3, -0.25) is 4.79 Å². The van der Waals surface area contributed by atoms with Crippen molar-refractivity contribution in [3.63, 3.8) is 0 Å². The third-order valence-electron chi connectivity index (χ3n) is 5.53. The molecule has 0 saturated heterocycles. The molecule has 0 heterocycles. The molecule has 178 valence electrons. The molecule has 2 atom stereocenters. The van der Waals surface area contributed by atoms with E-state index in [1.165, 1.54) is 82.1 Å². The van der Waals surface area contributed by atoms with E-state index in [-0.39, 0.29) is 11.5 Å². The van der Waals surface area contributed by atoms with Gasteiger partial charge in [0.25, 0.3) is 0 Å². The van der Waals surface area contributed by atoms with Crippen LogP contribution in [-0.4, -0.2) is 21.9 Å². The average molecular weight is 457 g/mol. The third kappa shape index (κ3) is 13.0. The van der Waals surface area contributed by atoms with Gasteiger partial charge < -0.3 is 30.5 Å². The van der Waals surface area contributed by atoms with Gasteiger partial charge in [0, 0.05) is 12.1 Å². The van der Waals surface area contributed by atoms with Crippen LogP contribution in [0.15, 0.2) is 24.3 Å². The van der Waals surface area contributed by atoms with Crippen molar-refractivity contribution in [1.29, 1.82) is 0 Å². The lowest BCUT2D eigenvalue weighted by Gasteiger charge is -2.22. The molecule has 2 unspecified atom stereocenters. The van der Waals surface area contributed by atoms with Crippen LogP contribution in [0, 0.1) is 0 Å². The lowest BCUT2D eigenvalue weighted by Crippen LogP contribution is -2.61. The Morgan fingerprint density at radius 1 is 1.10 bits per heavy atom. The molecule has 1 aromatic rings. The Labute approximate surface area is 187 Å². The van der Waals surface area contributed by atoms with Gasteiger partial charge in [0.2, 0.25) is 5.91 Å². The molecule has 1 aliphatic rings. The summed E-state index contributed by atoms with van der Waals surface area (Å²) in [6.45, 7) is 2.18. The molecule has 2 rings (SSSR count). The van der Waals surface area contributed by atoms with Crippen LogP contribution in [0.2, 0.25) is 0 Å². The largest absolute Gasteiger partial charge is 0.777 e. The van der Waals surface area contributed by atoms with Gasteiger partial charge in [0.15, 0.2) is 7.60 Å². The number of nitrogens with one attached hydrogen (secondary N) is 1. The minimum Gasteiger partial charge on any atom is -0.777 e. The fraction of sp³-hybridized carbons (Fsp3) is 0.696. The molecule has 0 spiro atoms. The summed E-state index contributed by atoms with van der Waals surface area (Å²) < 4.78 is 10.9. The van der Waals surface area contributed by atoms with E-state index in [1.807, 2.05) is 0 Å². The van der Waals surface area contributed by atoms with Gasteiger partial charge in [-0.25, -0.2) is 0 Å². The maximum absolute atomic E-state index is 11.8. The Hall–Kier alpha value is -1.24. The smallest absolute Gasteiger partial charge is 0.224 e. The number of amides is 1. The van der Waals surface area contributed by atoms with Gasteiger partial charge in [-0.15, -0.1) is 0 Å². The number of unbranched alkanes of at least 4 members (excludes halogenated alkanes) is 6. The summed E-state index contributed by atoms with van der Waals surface area (Å²) in [4.78, 5) is 31.5. The Morgan fingerprint density at radius 3 is 2.13 bits per heavy atom. The SMILES string of the molecule is CCCCCCCCCC(=O)Nc1ccc(C(O)P(=O)([O-])O)cc1.[NH3+]C1CCCCC1. The third-order valence-corrected chi connectivity index (χ3v) is 6.45. The molecule has 1 amide bonds. The maximum atomic E-state index is 11.8. The van der Waals surface area contributed by atoms with E-state index in [1.54, 1.807) is 0 Å². The Morgan fingerprint density at radius 2 is 1.65 bits per heavy atom. The first-order chi connectivity index (χ1) is 14.7. The number of quaternary nitrogens is 1.